The second-order valence-corrected chi connectivity index (χ2v) is 7.90. The summed E-state index contributed by atoms with van der Waals surface area (Å²) in [6, 6.07) is 24.3. The second kappa shape index (κ2) is 7.67. The average molecular weight is 396 g/mol. The van der Waals surface area contributed by atoms with Crippen LogP contribution in [0.15, 0.2) is 72.8 Å². The van der Waals surface area contributed by atoms with Crippen molar-refractivity contribution in [3.8, 4) is 11.1 Å². The lowest BCUT2D eigenvalue weighted by molar-refractivity contribution is 0.0792. The summed E-state index contributed by atoms with van der Waals surface area (Å²) in [7, 11) is 0. The van der Waals surface area contributed by atoms with Gasteiger partial charge >= 0.3 is 0 Å². The van der Waals surface area contributed by atoms with Crippen molar-refractivity contribution in [1.29, 1.82) is 0 Å². The van der Waals surface area contributed by atoms with Crippen molar-refractivity contribution in [2.24, 2.45) is 0 Å². The highest BCUT2D eigenvalue weighted by atomic mass is 16.2. The fourth-order valence-electron chi connectivity index (χ4n) is 4.18. The number of imidazole rings is 1. The number of aromatic nitrogens is 2. The smallest absolute Gasteiger partial charge is 0.254 e. The zero-order chi connectivity index (χ0) is 20.5. The standard InChI is InChI=1S/C25H24N4O/c1-17-7-6-8-18(15-17)20-9-2-3-10-21(20)24(30)29-14-13-19(16-29)26-25-27-22-11-4-5-12-23(22)28-25/h2-12,15,19H,13-14,16H2,1H3,(H2,26,27,28). The van der Waals surface area contributed by atoms with Gasteiger partial charge in [-0.05, 0) is 42.7 Å². The summed E-state index contributed by atoms with van der Waals surface area (Å²) in [5.41, 5.74) is 5.96. The normalized spacial score (nSPS) is 16.2. The van der Waals surface area contributed by atoms with Gasteiger partial charge in [0.15, 0.2) is 0 Å². The Kier molecular flexibility index (Phi) is 4.71. The molecule has 1 atom stereocenters. The molecule has 5 nitrogen and oxygen atoms in total. The first-order valence-electron chi connectivity index (χ1n) is 10.3. The Morgan fingerprint density at radius 3 is 2.77 bits per heavy atom. The van der Waals surface area contributed by atoms with Crippen LogP contribution in [0.1, 0.15) is 22.3 Å². The topological polar surface area (TPSA) is 61.0 Å². The number of nitrogens with zero attached hydrogens (tertiary/aromatic N) is 2. The van der Waals surface area contributed by atoms with Crippen LogP contribution in [-0.4, -0.2) is 39.9 Å². The van der Waals surface area contributed by atoms with Crippen molar-refractivity contribution in [2.45, 2.75) is 19.4 Å². The molecule has 0 radical (unpaired) electrons. The van der Waals surface area contributed by atoms with Gasteiger partial charge < -0.3 is 15.2 Å². The second-order valence-electron chi connectivity index (χ2n) is 7.90. The maximum absolute atomic E-state index is 13.3. The molecule has 4 aromatic rings. The van der Waals surface area contributed by atoms with Gasteiger partial charge in [0.1, 0.15) is 0 Å². The number of carbonyl (C=O) groups excluding carboxylic acids is 1. The zero-order valence-electron chi connectivity index (χ0n) is 16.9. The number of likely N-dealkylation sites (tertiary alicyclic amines) is 1. The molecule has 2 heterocycles. The number of aromatic amines is 1. The van der Waals surface area contributed by atoms with Gasteiger partial charge in [-0.25, -0.2) is 4.98 Å². The molecule has 1 unspecified atom stereocenters. The number of benzene rings is 3. The molecule has 1 aliphatic rings. The van der Waals surface area contributed by atoms with Crippen LogP contribution in [0.25, 0.3) is 22.2 Å². The van der Waals surface area contributed by atoms with E-state index in [1.807, 2.05) is 59.5 Å². The highest BCUT2D eigenvalue weighted by molar-refractivity contribution is 6.01. The summed E-state index contributed by atoms with van der Waals surface area (Å²) in [5, 5.41) is 3.46. The largest absolute Gasteiger partial charge is 0.351 e. The van der Waals surface area contributed by atoms with Gasteiger partial charge in [-0.15, -0.1) is 0 Å². The van der Waals surface area contributed by atoms with E-state index in [0.29, 0.717) is 6.54 Å². The predicted molar refractivity (Wildman–Crippen MR) is 121 cm³/mol. The molecule has 30 heavy (non-hydrogen) atoms. The Balaban J connectivity index is 1.33. The lowest BCUT2D eigenvalue weighted by Gasteiger charge is -2.19. The van der Waals surface area contributed by atoms with E-state index in [9.17, 15) is 4.79 Å². The van der Waals surface area contributed by atoms with E-state index >= 15 is 0 Å². The lowest BCUT2D eigenvalue weighted by Crippen LogP contribution is -2.32. The van der Waals surface area contributed by atoms with Gasteiger partial charge in [0.25, 0.3) is 5.91 Å². The van der Waals surface area contributed by atoms with Crippen molar-refractivity contribution in [3.63, 3.8) is 0 Å². The van der Waals surface area contributed by atoms with Crippen LogP contribution in [0.3, 0.4) is 0 Å². The molecular formula is C25H24N4O. The summed E-state index contributed by atoms with van der Waals surface area (Å²) >= 11 is 0. The van der Waals surface area contributed by atoms with E-state index in [2.05, 4.69) is 40.4 Å². The molecule has 150 valence electrons. The Hall–Kier alpha value is -3.60. The quantitative estimate of drug-likeness (QED) is 0.518. The fraction of sp³-hybridized carbons (Fsp3) is 0.200. The Morgan fingerprint density at radius 1 is 1.07 bits per heavy atom. The molecule has 5 heteroatoms. The number of amides is 1. The highest BCUT2D eigenvalue weighted by Crippen LogP contribution is 2.27. The number of aryl methyl sites for hydroxylation is 1. The molecule has 0 bridgehead atoms. The average Bonchev–Trinajstić information content (AvgIpc) is 3.40. The third-order valence-corrected chi connectivity index (χ3v) is 5.69. The van der Waals surface area contributed by atoms with E-state index in [-0.39, 0.29) is 11.9 Å². The first kappa shape index (κ1) is 18.4. The molecule has 0 aliphatic carbocycles. The number of rotatable bonds is 4. The minimum absolute atomic E-state index is 0.0843. The monoisotopic (exact) mass is 396 g/mol. The Morgan fingerprint density at radius 2 is 1.90 bits per heavy atom. The molecule has 1 amide bonds. The Labute approximate surface area is 175 Å². The van der Waals surface area contributed by atoms with Crippen LogP contribution in [0.5, 0.6) is 0 Å². The minimum Gasteiger partial charge on any atom is -0.351 e. The molecule has 5 rings (SSSR count). The van der Waals surface area contributed by atoms with Crippen molar-refractivity contribution in [1.82, 2.24) is 14.9 Å². The summed E-state index contributed by atoms with van der Waals surface area (Å²) < 4.78 is 0. The number of fused-ring (bicyclic) bond motifs is 1. The van der Waals surface area contributed by atoms with Gasteiger partial charge in [0.05, 0.1) is 11.0 Å². The molecule has 1 fully saturated rings. The minimum atomic E-state index is 0.0843. The number of carbonyl (C=O) groups is 1. The zero-order valence-corrected chi connectivity index (χ0v) is 16.9. The third kappa shape index (κ3) is 3.54. The van der Waals surface area contributed by atoms with Crippen LogP contribution in [0.4, 0.5) is 5.95 Å². The van der Waals surface area contributed by atoms with Crippen LogP contribution in [0.2, 0.25) is 0 Å². The number of nitrogens with one attached hydrogen (secondary N) is 2. The van der Waals surface area contributed by atoms with E-state index in [1.54, 1.807) is 0 Å². The molecular weight excluding hydrogens is 372 g/mol. The first-order valence-corrected chi connectivity index (χ1v) is 10.3. The molecule has 1 aromatic heterocycles. The van der Waals surface area contributed by atoms with E-state index < -0.39 is 0 Å². The van der Waals surface area contributed by atoms with Crippen molar-refractivity contribution in [3.05, 3.63) is 83.9 Å². The van der Waals surface area contributed by atoms with Gasteiger partial charge in [-0.1, -0.05) is 60.2 Å². The molecule has 1 saturated heterocycles. The van der Waals surface area contributed by atoms with Crippen LogP contribution in [0, 0.1) is 6.92 Å². The number of hydrogen-bond donors (Lipinski definition) is 2. The lowest BCUT2D eigenvalue weighted by atomic mass is 9.97. The van der Waals surface area contributed by atoms with Gasteiger partial charge in [-0.3, -0.25) is 4.79 Å². The van der Waals surface area contributed by atoms with E-state index in [1.165, 1.54) is 5.56 Å². The van der Waals surface area contributed by atoms with Gasteiger partial charge in [-0.2, -0.15) is 0 Å². The van der Waals surface area contributed by atoms with Crippen LogP contribution in [-0.2, 0) is 0 Å². The number of H-pyrrole nitrogens is 1. The predicted octanol–water partition coefficient (Wildman–Crippen LogP) is 4.86. The molecule has 0 saturated carbocycles. The number of anilines is 1. The van der Waals surface area contributed by atoms with Gasteiger partial charge in [0.2, 0.25) is 5.95 Å². The number of para-hydroxylation sites is 2. The summed E-state index contributed by atoms with van der Waals surface area (Å²) in [6.07, 6.45) is 0.898. The summed E-state index contributed by atoms with van der Waals surface area (Å²) in [5.74, 6) is 0.844. The van der Waals surface area contributed by atoms with Crippen LogP contribution < -0.4 is 5.32 Å². The third-order valence-electron chi connectivity index (χ3n) is 5.69. The first-order chi connectivity index (χ1) is 14.7. The maximum Gasteiger partial charge on any atom is 0.254 e. The van der Waals surface area contributed by atoms with Crippen molar-refractivity contribution >= 4 is 22.9 Å². The van der Waals surface area contributed by atoms with E-state index in [4.69, 9.17) is 0 Å². The van der Waals surface area contributed by atoms with Gasteiger partial charge in [0, 0.05) is 24.7 Å². The fourth-order valence-corrected chi connectivity index (χ4v) is 4.18. The number of hydrogen-bond acceptors (Lipinski definition) is 3. The summed E-state index contributed by atoms with van der Waals surface area (Å²) in [6.45, 7) is 3.47. The van der Waals surface area contributed by atoms with E-state index in [0.717, 1.165) is 46.6 Å². The molecule has 1 aliphatic heterocycles. The van der Waals surface area contributed by atoms with Crippen LogP contribution >= 0.6 is 0 Å². The Bertz CT molecular complexity index is 1180. The maximum atomic E-state index is 13.3. The van der Waals surface area contributed by atoms with Crippen molar-refractivity contribution < 1.29 is 4.79 Å². The molecule has 0 spiro atoms. The summed E-state index contributed by atoms with van der Waals surface area (Å²) in [4.78, 5) is 23.2. The van der Waals surface area contributed by atoms with Crippen molar-refractivity contribution in [2.75, 3.05) is 18.4 Å². The highest BCUT2D eigenvalue weighted by Gasteiger charge is 2.28. The SMILES string of the molecule is Cc1cccc(-c2ccccc2C(=O)N2CCC(Nc3nc4ccccc4[nH]3)C2)c1. The molecule has 3 aromatic carbocycles. The molecule has 2 N–H and O–H groups in total.